The SMILES string of the molecule is O=S(c1ccccc1)C(F)CCc1ccccc1. The van der Waals surface area contributed by atoms with Gasteiger partial charge in [-0.05, 0) is 30.5 Å². The molecular weight excluding hydrogens is 247 g/mol. The van der Waals surface area contributed by atoms with Crippen LogP contribution < -0.4 is 0 Å². The molecule has 0 bridgehead atoms. The van der Waals surface area contributed by atoms with Gasteiger partial charge in [0, 0.05) is 4.90 Å². The van der Waals surface area contributed by atoms with Gasteiger partial charge in [-0.1, -0.05) is 48.5 Å². The van der Waals surface area contributed by atoms with Crippen molar-refractivity contribution >= 4 is 10.8 Å². The van der Waals surface area contributed by atoms with E-state index in [4.69, 9.17) is 0 Å². The first-order chi connectivity index (χ1) is 8.77. The summed E-state index contributed by atoms with van der Waals surface area (Å²) >= 11 is 0. The van der Waals surface area contributed by atoms with Crippen LogP contribution in [0.5, 0.6) is 0 Å². The van der Waals surface area contributed by atoms with Crippen LogP contribution in [0.15, 0.2) is 65.6 Å². The lowest BCUT2D eigenvalue weighted by molar-refractivity contribution is 0.417. The Bertz CT molecular complexity index is 498. The molecule has 0 aliphatic heterocycles. The summed E-state index contributed by atoms with van der Waals surface area (Å²) in [6.07, 6.45) is 0.895. The number of halogens is 1. The lowest BCUT2D eigenvalue weighted by atomic mass is 10.1. The van der Waals surface area contributed by atoms with E-state index in [9.17, 15) is 8.60 Å². The summed E-state index contributed by atoms with van der Waals surface area (Å²) in [5.74, 6) is 0. The standard InChI is InChI=1S/C15H15FOS/c16-15(12-11-13-7-3-1-4-8-13)18(17)14-9-5-2-6-10-14/h1-10,15H,11-12H2. The molecule has 2 rings (SSSR count). The van der Waals surface area contributed by atoms with Crippen LogP contribution >= 0.6 is 0 Å². The first-order valence-electron chi connectivity index (χ1n) is 5.91. The van der Waals surface area contributed by atoms with E-state index in [2.05, 4.69) is 0 Å². The number of hydrogen-bond donors (Lipinski definition) is 0. The number of aryl methyl sites for hydroxylation is 1. The van der Waals surface area contributed by atoms with Gasteiger partial charge in [0.2, 0.25) is 0 Å². The summed E-state index contributed by atoms with van der Waals surface area (Å²) < 4.78 is 25.8. The van der Waals surface area contributed by atoms with Gasteiger partial charge in [0.15, 0.2) is 5.50 Å². The fourth-order valence-corrected chi connectivity index (χ4v) is 2.79. The Balaban J connectivity index is 1.93. The molecule has 2 aromatic carbocycles. The minimum absolute atomic E-state index is 0.283. The molecule has 3 heteroatoms. The van der Waals surface area contributed by atoms with E-state index < -0.39 is 16.3 Å². The monoisotopic (exact) mass is 262 g/mol. The average Bonchev–Trinajstić information content (AvgIpc) is 2.46. The first kappa shape index (κ1) is 13.0. The second kappa shape index (κ2) is 6.45. The van der Waals surface area contributed by atoms with Gasteiger partial charge < -0.3 is 0 Å². The Morgan fingerprint density at radius 1 is 0.944 bits per heavy atom. The van der Waals surface area contributed by atoms with Crippen molar-refractivity contribution in [3.8, 4) is 0 Å². The van der Waals surface area contributed by atoms with Gasteiger partial charge in [0.1, 0.15) is 0 Å². The Morgan fingerprint density at radius 3 is 2.11 bits per heavy atom. The molecule has 0 aliphatic carbocycles. The highest BCUT2D eigenvalue weighted by Crippen LogP contribution is 2.16. The van der Waals surface area contributed by atoms with E-state index in [1.54, 1.807) is 24.3 Å². The van der Waals surface area contributed by atoms with Crippen molar-refractivity contribution in [1.82, 2.24) is 0 Å². The third-order valence-electron chi connectivity index (χ3n) is 2.71. The molecule has 0 saturated carbocycles. The van der Waals surface area contributed by atoms with Crippen LogP contribution in [0.1, 0.15) is 12.0 Å². The van der Waals surface area contributed by atoms with Crippen LogP contribution in [-0.2, 0) is 17.2 Å². The van der Waals surface area contributed by atoms with E-state index in [0.29, 0.717) is 11.3 Å². The lowest BCUT2D eigenvalue weighted by Gasteiger charge is -2.08. The molecule has 0 spiro atoms. The van der Waals surface area contributed by atoms with Crippen LogP contribution in [0.25, 0.3) is 0 Å². The maximum atomic E-state index is 13.9. The normalized spacial score (nSPS) is 14.1. The van der Waals surface area contributed by atoms with Crippen molar-refractivity contribution in [2.24, 2.45) is 0 Å². The minimum Gasteiger partial charge on any atom is -0.251 e. The maximum absolute atomic E-state index is 13.9. The molecule has 94 valence electrons. The number of benzene rings is 2. The molecule has 18 heavy (non-hydrogen) atoms. The van der Waals surface area contributed by atoms with Crippen molar-refractivity contribution in [2.45, 2.75) is 23.2 Å². The molecule has 0 fully saturated rings. The number of alkyl halides is 1. The molecule has 0 saturated heterocycles. The molecule has 2 aromatic rings. The van der Waals surface area contributed by atoms with Crippen LogP contribution in [0.3, 0.4) is 0 Å². The predicted octanol–water partition coefficient (Wildman–Crippen LogP) is 3.72. The van der Waals surface area contributed by atoms with E-state index in [1.807, 2.05) is 36.4 Å². The van der Waals surface area contributed by atoms with Gasteiger partial charge in [0.05, 0.1) is 10.8 Å². The van der Waals surface area contributed by atoms with Crippen LogP contribution in [0, 0.1) is 0 Å². The van der Waals surface area contributed by atoms with Crippen LogP contribution in [0.2, 0.25) is 0 Å². The van der Waals surface area contributed by atoms with Crippen molar-refractivity contribution in [1.29, 1.82) is 0 Å². The van der Waals surface area contributed by atoms with Gasteiger partial charge in [-0.3, -0.25) is 4.21 Å². The Hall–Kier alpha value is -1.48. The van der Waals surface area contributed by atoms with Gasteiger partial charge in [0.25, 0.3) is 0 Å². The van der Waals surface area contributed by atoms with Crippen LogP contribution in [-0.4, -0.2) is 9.71 Å². The fraction of sp³-hybridized carbons (Fsp3) is 0.200. The Kier molecular flexibility index (Phi) is 4.65. The highest BCUT2D eigenvalue weighted by atomic mass is 32.2. The third-order valence-corrected chi connectivity index (χ3v) is 4.15. The Morgan fingerprint density at radius 2 is 1.50 bits per heavy atom. The molecule has 2 unspecified atom stereocenters. The fourth-order valence-electron chi connectivity index (χ4n) is 1.73. The molecule has 2 atom stereocenters. The van der Waals surface area contributed by atoms with Gasteiger partial charge in [-0.15, -0.1) is 0 Å². The van der Waals surface area contributed by atoms with Gasteiger partial charge >= 0.3 is 0 Å². The van der Waals surface area contributed by atoms with E-state index >= 15 is 0 Å². The summed E-state index contributed by atoms with van der Waals surface area (Å²) in [6, 6.07) is 18.5. The third kappa shape index (κ3) is 3.50. The average molecular weight is 262 g/mol. The second-order valence-corrected chi connectivity index (χ2v) is 5.62. The first-order valence-corrected chi connectivity index (χ1v) is 7.12. The summed E-state index contributed by atoms with van der Waals surface area (Å²) in [5, 5.41) is 0. The van der Waals surface area contributed by atoms with E-state index in [0.717, 1.165) is 5.56 Å². The highest BCUT2D eigenvalue weighted by molar-refractivity contribution is 7.85. The van der Waals surface area contributed by atoms with E-state index in [-0.39, 0.29) is 6.42 Å². The second-order valence-electron chi connectivity index (χ2n) is 4.04. The molecule has 0 aliphatic rings. The van der Waals surface area contributed by atoms with Crippen molar-refractivity contribution in [3.05, 3.63) is 66.2 Å². The van der Waals surface area contributed by atoms with Gasteiger partial charge in [-0.25, -0.2) is 4.39 Å². The largest absolute Gasteiger partial charge is 0.251 e. The van der Waals surface area contributed by atoms with Gasteiger partial charge in [-0.2, -0.15) is 0 Å². The molecule has 1 nitrogen and oxygen atoms in total. The zero-order valence-corrected chi connectivity index (χ0v) is 10.8. The summed E-state index contributed by atoms with van der Waals surface area (Å²) in [7, 11) is -1.57. The summed E-state index contributed by atoms with van der Waals surface area (Å²) in [4.78, 5) is 0.554. The molecule has 0 radical (unpaired) electrons. The summed E-state index contributed by atoms with van der Waals surface area (Å²) in [6.45, 7) is 0. The molecule has 0 heterocycles. The number of hydrogen-bond acceptors (Lipinski definition) is 1. The highest BCUT2D eigenvalue weighted by Gasteiger charge is 2.16. The quantitative estimate of drug-likeness (QED) is 0.802. The number of rotatable bonds is 5. The van der Waals surface area contributed by atoms with Crippen molar-refractivity contribution < 1.29 is 8.60 Å². The van der Waals surface area contributed by atoms with Crippen LogP contribution in [0.4, 0.5) is 4.39 Å². The topological polar surface area (TPSA) is 17.1 Å². The zero-order chi connectivity index (χ0) is 12.8. The molecular formula is C15H15FOS. The Labute approximate surface area is 109 Å². The van der Waals surface area contributed by atoms with Crippen molar-refractivity contribution in [2.75, 3.05) is 0 Å². The predicted molar refractivity (Wildman–Crippen MR) is 72.5 cm³/mol. The molecule has 0 aromatic heterocycles. The maximum Gasteiger partial charge on any atom is 0.179 e. The molecule has 0 N–H and O–H groups in total. The molecule has 0 amide bonds. The van der Waals surface area contributed by atoms with Crippen molar-refractivity contribution in [3.63, 3.8) is 0 Å². The minimum atomic E-state index is -1.57. The lowest BCUT2D eigenvalue weighted by Crippen LogP contribution is -2.10. The smallest absolute Gasteiger partial charge is 0.179 e. The summed E-state index contributed by atoms with van der Waals surface area (Å²) in [5.41, 5.74) is -0.238. The zero-order valence-electron chi connectivity index (χ0n) is 9.96. The van der Waals surface area contributed by atoms with E-state index in [1.165, 1.54) is 0 Å².